The van der Waals surface area contributed by atoms with Crippen LogP contribution in [-0.4, -0.2) is 5.91 Å². The van der Waals surface area contributed by atoms with Crippen LogP contribution in [0.1, 0.15) is 15.9 Å². The van der Waals surface area contributed by atoms with Crippen LogP contribution in [0.5, 0.6) is 0 Å². The average Bonchev–Trinajstić information content (AvgIpc) is 2.56. The fraction of sp³-hybridized carbons (Fsp3) is 0.0500. The molecule has 0 saturated heterocycles. The Morgan fingerprint density at radius 1 is 0.773 bits per heavy atom. The lowest BCUT2D eigenvalue weighted by molar-refractivity contribution is 0.102. The number of aryl methyl sites for hydroxylation is 1. The van der Waals surface area contributed by atoms with Crippen LogP contribution in [0.25, 0.3) is 11.1 Å². The van der Waals surface area contributed by atoms with Crippen LogP contribution in [0.2, 0.25) is 0 Å². The van der Waals surface area contributed by atoms with E-state index in [1.54, 1.807) is 0 Å². The van der Waals surface area contributed by atoms with Crippen LogP contribution in [0.3, 0.4) is 0 Å². The van der Waals surface area contributed by atoms with Gasteiger partial charge in [-0.3, -0.25) is 4.79 Å². The second-order valence-corrected chi connectivity index (χ2v) is 5.27. The first-order chi connectivity index (χ1) is 10.7. The van der Waals surface area contributed by atoms with Crippen LogP contribution in [0.15, 0.2) is 78.9 Å². The second kappa shape index (κ2) is 6.27. The van der Waals surface area contributed by atoms with E-state index in [9.17, 15) is 4.79 Å². The predicted octanol–water partition coefficient (Wildman–Crippen LogP) is 4.91. The molecule has 0 aliphatic heterocycles. The summed E-state index contributed by atoms with van der Waals surface area (Å²) in [5.41, 5.74) is 4.84. The maximum atomic E-state index is 12.3. The SMILES string of the molecule is Cc1cccc(NC(=O)c2ccc(-c3ccccc3)cc2)c1. The molecule has 0 spiro atoms. The summed E-state index contributed by atoms with van der Waals surface area (Å²) in [6.45, 7) is 2.00. The number of rotatable bonds is 3. The van der Waals surface area contributed by atoms with Crippen molar-refractivity contribution in [3.05, 3.63) is 90.0 Å². The van der Waals surface area contributed by atoms with Gasteiger partial charge in [0.2, 0.25) is 0 Å². The Kier molecular flexibility index (Phi) is 4.01. The van der Waals surface area contributed by atoms with Crippen LogP contribution < -0.4 is 5.32 Å². The highest BCUT2D eigenvalue weighted by Gasteiger charge is 2.06. The van der Waals surface area contributed by atoms with Gasteiger partial charge in [-0.1, -0.05) is 54.6 Å². The molecule has 2 nitrogen and oxygen atoms in total. The fourth-order valence-corrected chi connectivity index (χ4v) is 2.37. The number of hydrogen-bond donors (Lipinski definition) is 1. The van der Waals surface area contributed by atoms with Gasteiger partial charge in [0.15, 0.2) is 0 Å². The summed E-state index contributed by atoms with van der Waals surface area (Å²) in [6, 6.07) is 25.6. The first-order valence-corrected chi connectivity index (χ1v) is 7.26. The standard InChI is InChI=1S/C20H17NO/c1-15-6-5-9-19(14-15)21-20(22)18-12-10-17(11-13-18)16-7-3-2-4-8-16/h2-14H,1H3,(H,21,22). The molecule has 3 aromatic rings. The Bertz CT molecular complexity index is 776. The van der Waals surface area contributed by atoms with Gasteiger partial charge in [0, 0.05) is 11.3 Å². The van der Waals surface area contributed by atoms with E-state index in [-0.39, 0.29) is 5.91 Å². The summed E-state index contributed by atoms with van der Waals surface area (Å²) in [4.78, 5) is 12.3. The maximum Gasteiger partial charge on any atom is 0.255 e. The molecule has 1 amide bonds. The highest BCUT2D eigenvalue weighted by molar-refractivity contribution is 6.04. The lowest BCUT2D eigenvalue weighted by atomic mass is 10.0. The molecule has 0 unspecified atom stereocenters. The van der Waals surface area contributed by atoms with Crippen LogP contribution in [0, 0.1) is 6.92 Å². The van der Waals surface area contributed by atoms with E-state index >= 15 is 0 Å². The van der Waals surface area contributed by atoms with Gasteiger partial charge in [-0.25, -0.2) is 0 Å². The minimum absolute atomic E-state index is 0.0924. The average molecular weight is 287 g/mol. The zero-order chi connectivity index (χ0) is 15.4. The molecular formula is C20H17NO. The van der Waals surface area contributed by atoms with Crippen LogP contribution in [-0.2, 0) is 0 Å². The summed E-state index contributed by atoms with van der Waals surface area (Å²) >= 11 is 0. The maximum absolute atomic E-state index is 12.3. The Morgan fingerprint density at radius 2 is 1.45 bits per heavy atom. The van der Waals surface area contributed by atoms with Crippen LogP contribution in [0.4, 0.5) is 5.69 Å². The molecule has 22 heavy (non-hydrogen) atoms. The first-order valence-electron chi connectivity index (χ1n) is 7.26. The molecule has 3 rings (SSSR count). The minimum Gasteiger partial charge on any atom is -0.322 e. The van der Waals surface area contributed by atoms with Crippen molar-refractivity contribution in [1.82, 2.24) is 0 Å². The number of benzene rings is 3. The monoisotopic (exact) mass is 287 g/mol. The molecule has 0 saturated carbocycles. The molecule has 0 aromatic heterocycles. The topological polar surface area (TPSA) is 29.1 Å². The normalized spacial score (nSPS) is 10.2. The largest absolute Gasteiger partial charge is 0.322 e. The van der Waals surface area contributed by atoms with E-state index in [1.807, 2.05) is 73.7 Å². The van der Waals surface area contributed by atoms with Crippen molar-refractivity contribution in [2.24, 2.45) is 0 Å². The van der Waals surface area contributed by atoms with E-state index in [2.05, 4.69) is 17.4 Å². The summed E-state index contributed by atoms with van der Waals surface area (Å²) < 4.78 is 0. The fourth-order valence-electron chi connectivity index (χ4n) is 2.37. The van der Waals surface area contributed by atoms with Gasteiger partial charge in [-0.05, 0) is 47.9 Å². The molecule has 0 radical (unpaired) electrons. The minimum atomic E-state index is -0.0924. The molecule has 3 aromatic carbocycles. The Morgan fingerprint density at radius 3 is 2.14 bits per heavy atom. The second-order valence-electron chi connectivity index (χ2n) is 5.27. The number of carbonyl (C=O) groups is 1. The smallest absolute Gasteiger partial charge is 0.255 e. The van der Waals surface area contributed by atoms with E-state index < -0.39 is 0 Å². The van der Waals surface area contributed by atoms with Crippen molar-refractivity contribution in [3.8, 4) is 11.1 Å². The molecule has 0 atom stereocenters. The number of anilines is 1. The van der Waals surface area contributed by atoms with Gasteiger partial charge in [-0.15, -0.1) is 0 Å². The molecule has 0 heterocycles. The van der Waals surface area contributed by atoms with Crippen molar-refractivity contribution in [1.29, 1.82) is 0 Å². The van der Waals surface area contributed by atoms with Crippen molar-refractivity contribution >= 4 is 11.6 Å². The number of hydrogen-bond acceptors (Lipinski definition) is 1. The summed E-state index contributed by atoms with van der Waals surface area (Å²) in [5, 5.41) is 2.92. The van der Waals surface area contributed by atoms with Crippen LogP contribution >= 0.6 is 0 Å². The number of nitrogens with one attached hydrogen (secondary N) is 1. The third-order valence-electron chi connectivity index (χ3n) is 3.53. The lowest BCUT2D eigenvalue weighted by Gasteiger charge is -2.07. The molecule has 0 bridgehead atoms. The predicted molar refractivity (Wildman–Crippen MR) is 91.0 cm³/mol. The first kappa shape index (κ1) is 14.1. The highest BCUT2D eigenvalue weighted by Crippen LogP contribution is 2.20. The zero-order valence-corrected chi connectivity index (χ0v) is 12.4. The quantitative estimate of drug-likeness (QED) is 0.728. The van der Waals surface area contributed by atoms with Crippen molar-refractivity contribution in [2.45, 2.75) is 6.92 Å². The molecule has 0 aliphatic rings. The molecule has 108 valence electrons. The van der Waals surface area contributed by atoms with Gasteiger partial charge in [0.25, 0.3) is 5.91 Å². The third kappa shape index (κ3) is 3.23. The Hall–Kier alpha value is -2.87. The van der Waals surface area contributed by atoms with Crippen molar-refractivity contribution in [2.75, 3.05) is 5.32 Å². The number of amides is 1. The molecule has 0 aliphatic carbocycles. The lowest BCUT2D eigenvalue weighted by Crippen LogP contribution is -2.11. The molecule has 1 N–H and O–H groups in total. The van der Waals surface area contributed by atoms with Crippen molar-refractivity contribution in [3.63, 3.8) is 0 Å². The summed E-state index contributed by atoms with van der Waals surface area (Å²) in [7, 11) is 0. The molecule has 0 fully saturated rings. The van der Waals surface area contributed by atoms with Crippen molar-refractivity contribution < 1.29 is 4.79 Å². The Labute approximate surface area is 130 Å². The van der Waals surface area contributed by atoms with E-state index in [1.165, 1.54) is 0 Å². The summed E-state index contributed by atoms with van der Waals surface area (Å²) in [6.07, 6.45) is 0. The van der Waals surface area contributed by atoms with E-state index in [0.717, 1.165) is 22.4 Å². The van der Waals surface area contributed by atoms with Gasteiger partial charge in [0.05, 0.1) is 0 Å². The van der Waals surface area contributed by atoms with E-state index in [0.29, 0.717) is 5.56 Å². The zero-order valence-electron chi connectivity index (χ0n) is 12.4. The highest BCUT2D eigenvalue weighted by atomic mass is 16.1. The molecular weight excluding hydrogens is 270 g/mol. The number of carbonyl (C=O) groups excluding carboxylic acids is 1. The van der Waals surface area contributed by atoms with E-state index in [4.69, 9.17) is 0 Å². The van der Waals surface area contributed by atoms with Gasteiger partial charge >= 0.3 is 0 Å². The van der Waals surface area contributed by atoms with Gasteiger partial charge in [0.1, 0.15) is 0 Å². The van der Waals surface area contributed by atoms with Gasteiger partial charge in [-0.2, -0.15) is 0 Å². The Balaban J connectivity index is 1.76. The summed E-state index contributed by atoms with van der Waals surface area (Å²) in [5.74, 6) is -0.0924. The molecule has 2 heteroatoms. The third-order valence-corrected chi connectivity index (χ3v) is 3.53. The van der Waals surface area contributed by atoms with Gasteiger partial charge < -0.3 is 5.32 Å².